The molecule has 0 atom stereocenters. The molecule has 77 heavy (non-hydrogen) atoms. The van der Waals surface area contributed by atoms with Gasteiger partial charge in [-0.1, -0.05) is 0 Å². The van der Waals surface area contributed by atoms with Gasteiger partial charge in [0.05, 0.1) is 85.4 Å². The highest BCUT2D eigenvalue weighted by molar-refractivity contribution is 5.80. The highest BCUT2D eigenvalue weighted by atomic mass is 19.4. The molecule has 0 aliphatic heterocycles. The number of aromatic hydroxyl groups is 1. The van der Waals surface area contributed by atoms with Crippen LogP contribution in [0.15, 0.2) is 132 Å². The number of hydrogen-bond acceptors (Lipinski definition) is 12. The van der Waals surface area contributed by atoms with Crippen molar-refractivity contribution in [3.63, 3.8) is 0 Å². The molecule has 6 heterocycles. The predicted molar refractivity (Wildman–Crippen MR) is 241 cm³/mol. The molecule has 0 saturated carbocycles. The Kier molecular flexibility index (Phi) is 15.4. The standard InChI is InChI=1S/C24H14F6N6O2.C15H9F3N2O2.C9H6F4N4/c25-14-6-19(26)17(20(27)7-14)11-35-12-32-22(37)16-8-15(1-2-21(16)35)38-23-18(24(28,29)30)5-13(9-31-23)10-36-33-3-4-34-36;16-8-3-12(17)11(13(18)4-8)6-20-7-19-15(22)10-5-9(21)1-2-14(10)20;10-8-7(9(11,12)13)3-6(4-14-8)5-17-15-1-2-16-17/h1-9,12H,10-11H2;1-5,7,21H,6H2;1-4H,5H2. The van der Waals surface area contributed by atoms with Gasteiger partial charge in [-0.3, -0.25) is 9.59 Å². The van der Waals surface area contributed by atoms with Crippen molar-refractivity contribution in [3.8, 4) is 17.4 Å². The van der Waals surface area contributed by atoms with Gasteiger partial charge in [-0.05, 0) is 59.7 Å². The summed E-state index contributed by atoms with van der Waals surface area (Å²) in [5.74, 6) is -8.98. The monoisotopic (exact) mass is 1080 g/mol. The Morgan fingerprint density at radius 2 is 0.922 bits per heavy atom. The van der Waals surface area contributed by atoms with Crippen molar-refractivity contribution < 1.29 is 66.9 Å². The van der Waals surface area contributed by atoms with Crippen molar-refractivity contribution in [2.24, 2.45) is 0 Å². The van der Waals surface area contributed by atoms with Crippen LogP contribution in [0.4, 0.5) is 57.1 Å². The summed E-state index contributed by atoms with van der Waals surface area (Å²) in [7, 11) is 0. The molecule has 396 valence electrons. The second-order valence-electron chi connectivity index (χ2n) is 16.0. The van der Waals surface area contributed by atoms with E-state index in [4.69, 9.17) is 4.74 Å². The van der Waals surface area contributed by atoms with Crippen LogP contribution < -0.4 is 15.9 Å². The number of phenols is 1. The first-order chi connectivity index (χ1) is 36.5. The van der Waals surface area contributed by atoms with E-state index < -0.39 is 93.4 Å². The molecule has 0 radical (unpaired) electrons. The number of rotatable bonds is 10. The van der Waals surface area contributed by atoms with Gasteiger partial charge in [0.15, 0.2) is 0 Å². The number of benzene rings is 4. The van der Waals surface area contributed by atoms with E-state index in [1.165, 1.54) is 80.0 Å². The van der Waals surface area contributed by atoms with Crippen LogP contribution in [0, 0.1) is 40.9 Å². The molecule has 10 aromatic rings. The van der Waals surface area contributed by atoms with Gasteiger partial charge in [0.25, 0.3) is 11.1 Å². The number of hydrogen-bond donors (Lipinski definition) is 1. The fourth-order valence-electron chi connectivity index (χ4n) is 7.22. The number of phenolic OH excluding ortho intramolecular Hbond substituents is 1. The number of fused-ring (bicyclic) bond motifs is 2. The van der Waals surface area contributed by atoms with E-state index in [1.54, 1.807) is 0 Å². The molecule has 0 fully saturated rings. The van der Waals surface area contributed by atoms with Crippen molar-refractivity contribution >= 4 is 21.8 Å². The lowest BCUT2D eigenvalue weighted by atomic mass is 10.1. The Bertz CT molecular complexity index is 3850. The summed E-state index contributed by atoms with van der Waals surface area (Å²) in [5, 5.41) is 24.6. The van der Waals surface area contributed by atoms with E-state index in [0.717, 1.165) is 31.0 Å². The number of aromatic nitrogens is 12. The average molecular weight is 1080 g/mol. The molecule has 0 unspecified atom stereocenters. The molecule has 4 aromatic carbocycles. The van der Waals surface area contributed by atoms with E-state index in [2.05, 4.69) is 40.3 Å². The van der Waals surface area contributed by atoms with Crippen LogP contribution in [0.3, 0.4) is 0 Å². The summed E-state index contributed by atoms with van der Waals surface area (Å²) < 4.78 is 181. The van der Waals surface area contributed by atoms with Gasteiger partial charge in [-0.25, -0.2) is 36.3 Å². The summed E-state index contributed by atoms with van der Waals surface area (Å²) >= 11 is 0. The van der Waals surface area contributed by atoms with Crippen LogP contribution in [0.25, 0.3) is 21.8 Å². The van der Waals surface area contributed by atoms with Crippen LogP contribution in [-0.4, -0.2) is 64.2 Å². The van der Waals surface area contributed by atoms with Crippen LogP contribution in [0.5, 0.6) is 17.4 Å². The van der Waals surface area contributed by atoms with Gasteiger partial charge in [-0.15, -0.1) is 0 Å². The molecule has 16 nitrogen and oxygen atoms in total. The number of pyridine rings is 2. The van der Waals surface area contributed by atoms with Crippen LogP contribution in [0.1, 0.15) is 33.4 Å². The molecular formula is C48H29F13N12O4. The molecule has 29 heteroatoms. The lowest BCUT2D eigenvalue weighted by Gasteiger charge is -2.15. The first-order valence-electron chi connectivity index (χ1n) is 21.6. The minimum Gasteiger partial charge on any atom is -0.508 e. The summed E-state index contributed by atoms with van der Waals surface area (Å²) in [6.07, 6.45) is 0.352. The Morgan fingerprint density at radius 1 is 0.494 bits per heavy atom. The largest absolute Gasteiger partial charge is 0.508 e. The molecule has 0 aliphatic carbocycles. The summed E-state index contributed by atoms with van der Waals surface area (Å²) in [6.45, 7) is -0.760. The maximum atomic E-state index is 14.1. The summed E-state index contributed by atoms with van der Waals surface area (Å²) in [5.41, 5.74) is -3.83. The van der Waals surface area contributed by atoms with E-state index in [9.17, 15) is 71.8 Å². The SMILES string of the molecule is Fc1ncc(Cn2nccn2)cc1C(F)(F)F.O=c1ncn(Cc2c(F)cc(F)cc2F)c2ccc(O)cc12.O=c1ncn(Cc2c(F)cc(F)cc2F)c2ccc(Oc3ncc(Cn4nccn4)cc3C(F)(F)F)cc12. The van der Waals surface area contributed by atoms with Gasteiger partial charge >= 0.3 is 12.4 Å². The van der Waals surface area contributed by atoms with Crippen molar-refractivity contribution in [1.82, 2.24) is 59.1 Å². The molecule has 1 N–H and O–H groups in total. The summed E-state index contributed by atoms with van der Waals surface area (Å²) in [6, 6.07) is 11.5. The third-order valence-corrected chi connectivity index (χ3v) is 10.7. The Morgan fingerprint density at radius 3 is 1.39 bits per heavy atom. The van der Waals surface area contributed by atoms with Crippen LogP contribution in [-0.2, 0) is 38.5 Å². The first-order valence-corrected chi connectivity index (χ1v) is 21.6. The molecule has 0 saturated heterocycles. The zero-order valence-electron chi connectivity index (χ0n) is 38.3. The van der Waals surface area contributed by atoms with E-state index in [0.29, 0.717) is 35.8 Å². The topological polar surface area (TPSA) is 186 Å². The van der Waals surface area contributed by atoms with Crippen molar-refractivity contribution in [3.05, 3.63) is 218 Å². The zero-order chi connectivity index (χ0) is 55.3. The van der Waals surface area contributed by atoms with E-state index in [-0.39, 0.29) is 64.1 Å². The van der Waals surface area contributed by atoms with Crippen molar-refractivity contribution in [2.75, 3.05) is 0 Å². The third-order valence-electron chi connectivity index (χ3n) is 10.7. The highest BCUT2D eigenvalue weighted by Gasteiger charge is 2.37. The van der Waals surface area contributed by atoms with E-state index >= 15 is 0 Å². The van der Waals surface area contributed by atoms with E-state index in [1.807, 2.05) is 0 Å². The van der Waals surface area contributed by atoms with Crippen LogP contribution >= 0.6 is 0 Å². The van der Waals surface area contributed by atoms with Gasteiger partial charge in [-0.2, -0.15) is 70.7 Å². The fraction of sp³-hybridized carbons (Fsp3) is 0.125. The summed E-state index contributed by atoms with van der Waals surface area (Å²) in [4.78, 5) is 40.6. The number of nitrogens with zero attached hydrogens (tertiary/aromatic N) is 12. The molecule has 0 spiro atoms. The highest BCUT2D eigenvalue weighted by Crippen LogP contribution is 2.38. The second-order valence-corrected chi connectivity index (χ2v) is 16.0. The number of alkyl halides is 6. The number of halogens is 13. The minimum absolute atomic E-state index is 0.00333. The average Bonchev–Trinajstić information content (AvgIpc) is 4.09. The maximum Gasteiger partial charge on any atom is 0.421 e. The molecule has 10 rings (SSSR count). The smallest absolute Gasteiger partial charge is 0.421 e. The lowest BCUT2D eigenvalue weighted by Crippen LogP contribution is -2.15. The van der Waals surface area contributed by atoms with Crippen LogP contribution in [0.2, 0.25) is 0 Å². The third kappa shape index (κ3) is 12.9. The van der Waals surface area contributed by atoms with Crippen molar-refractivity contribution in [1.29, 1.82) is 0 Å². The first kappa shape index (κ1) is 53.7. The lowest BCUT2D eigenvalue weighted by molar-refractivity contribution is -0.140. The van der Waals surface area contributed by atoms with Gasteiger partial charge in [0.1, 0.15) is 57.5 Å². The molecular weight excluding hydrogens is 1060 g/mol. The van der Waals surface area contributed by atoms with Gasteiger partial charge in [0, 0.05) is 47.8 Å². The molecule has 0 aliphatic rings. The Labute approximate surface area is 420 Å². The molecule has 0 bridgehead atoms. The normalized spacial score (nSPS) is 11.5. The Balaban J connectivity index is 0.000000169. The molecule has 6 aromatic heterocycles. The second kappa shape index (κ2) is 22.1. The fourth-order valence-corrected chi connectivity index (χ4v) is 7.22. The maximum absolute atomic E-state index is 14.1. The van der Waals surface area contributed by atoms with Gasteiger partial charge in [0.2, 0.25) is 11.8 Å². The van der Waals surface area contributed by atoms with Gasteiger partial charge < -0.3 is 19.0 Å². The predicted octanol–water partition coefficient (Wildman–Crippen LogP) is 9.16. The Hall–Kier alpha value is -9.57. The quantitative estimate of drug-likeness (QED) is 0.101. The minimum atomic E-state index is -4.82. The molecule has 0 amide bonds. The zero-order valence-corrected chi connectivity index (χ0v) is 38.3. The number of ether oxygens (including phenoxy) is 1. The van der Waals surface area contributed by atoms with Crippen molar-refractivity contribution in [2.45, 2.75) is 38.5 Å².